The standard InChI is InChI=1S/C18H37N5O2.HI/c1-8-19-15(20-12-14-10-9-11-23(14)7)21-13-18(5,6)22-16(24)25-17(2,3)4;/h14H,8-13H2,1-7H3,(H,22,24)(H2,19,20,21);1H. The monoisotopic (exact) mass is 483 g/mol. The Labute approximate surface area is 176 Å². The average molecular weight is 483 g/mol. The van der Waals surface area contributed by atoms with E-state index in [1.807, 2.05) is 41.5 Å². The fourth-order valence-corrected chi connectivity index (χ4v) is 2.69. The number of carbonyl (C=O) groups is 1. The number of hydrogen-bond donors (Lipinski definition) is 3. The van der Waals surface area contributed by atoms with E-state index in [4.69, 9.17) is 4.74 Å². The zero-order chi connectivity index (χ0) is 19.1. The normalized spacial score (nSPS) is 18.9. The van der Waals surface area contributed by atoms with Gasteiger partial charge < -0.3 is 25.6 Å². The first-order valence-electron chi connectivity index (χ1n) is 9.26. The lowest BCUT2D eigenvalue weighted by molar-refractivity contribution is 0.0476. The number of guanidine groups is 1. The molecule has 7 nitrogen and oxygen atoms in total. The quantitative estimate of drug-likeness (QED) is 0.308. The van der Waals surface area contributed by atoms with E-state index in [-0.39, 0.29) is 24.0 Å². The lowest BCUT2D eigenvalue weighted by Crippen LogP contribution is -2.49. The third-order valence-corrected chi connectivity index (χ3v) is 3.99. The SMILES string of the molecule is CCNC(=NCC(C)(C)NC(=O)OC(C)(C)C)NCC1CCCN1C.I. The van der Waals surface area contributed by atoms with Crippen molar-refractivity contribution in [2.75, 3.05) is 33.2 Å². The number of carbonyl (C=O) groups excluding carboxylic acids is 1. The van der Waals surface area contributed by atoms with Gasteiger partial charge in [-0.25, -0.2) is 4.79 Å². The second kappa shape index (κ2) is 11.2. The van der Waals surface area contributed by atoms with Gasteiger partial charge in [0, 0.05) is 19.1 Å². The average Bonchev–Trinajstić information content (AvgIpc) is 2.84. The van der Waals surface area contributed by atoms with Gasteiger partial charge >= 0.3 is 6.09 Å². The van der Waals surface area contributed by atoms with Gasteiger partial charge in [0.1, 0.15) is 5.60 Å². The van der Waals surface area contributed by atoms with E-state index in [0.29, 0.717) is 12.6 Å². The molecule has 1 atom stereocenters. The first-order chi connectivity index (χ1) is 11.5. The number of amides is 1. The zero-order valence-electron chi connectivity index (χ0n) is 17.4. The minimum absolute atomic E-state index is 0. The maximum Gasteiger partial charge on any atom is 0.408 e. The van der Waals surface area contributed by atoms with E-state index >= 15 is 0 Å². The lowest BCUT2D eigenvalue weighted by Gasteiger charge is -2.28. The van der Waals surface area contributed by atoms with Crippen LogP contribution in [-0.4, -0.2) is 67.4 Å². The first-order valence-corrected chi connectivity index (χ1v) is 9.26. The van der Waals surface area contributed by atoms with E-state index in [0.717, 1.165) is 25.6 Å². The minimum Gasteiger partial charge on any atom is -0.444 e. The highest BCUT2D eigenvalue weighted by Gasteiger charge is 2.25. The Balaban J connectivity index is 0.00000625. The number of nitrogens with one attached hydrogen (secondary N) is 3. The van der Waals surface area contributed by atoms with E-state index in [2.05, 4.69) is 32.9 Å². The third-order valence-electron chi connectivity index (χ3n) is 3.99. The zero-order valence-corrected chi connectivity index (χ0v) is 19.8. The van der Waals surface area contributed by atoms with Crippen molar-refractivity contribution in [2.24, 2.45) is 4.99 Å². The molecule has 154 valence electrons. The predicted octanol–water partition coefficient (Wildman–Crippen LogP) is 2.56. The van der Waals surface area contributed by atoms with Crippen molar-refractivity contribution in [1.29, 1.82) is 0 Å². The molecule has 0 radical (unpaired) electrons. The van der Waals surface area contributed by atoms with Crippen molar-refractivity contribution in [3.05, 3.63) is 0 Å². The van der Waals surface area contributed by atoms with E-state index in [1.54, 1.807) is 0 Å². The van der Waals surface area contributed by atoms with Crippen LogP contribution >= 0.6 is 24.0 Å². The molecular weight excluding hydrogens is 445 g/mol. The van der Waals surface area contributed by atoms with Gasteiger partial charge in [0.05, 0.1) is 12.1 Å². The number of ether oxygens (including phenoxy) is 1. The molecule has 1 aliphatic rings. The van der Waals surface area contributed by atoms with Crippen molar-refractivity contribution >= 4 is 36.0 Å². The molecule has 0 aromatic heterocycles. The number of rotatable bonds is 6. The van der Waals surface area contributed by atoms with Crippen molar-refractivity contribution < 1.29 is 9.53 Å². The Morgan fingerprint density at radius 1 is 1.23 bits per heavy atom. The number of likely N-dealkylation sites (tertiary alicyclic amines) is 1. The van der Waals surface area contributed by atoms with Gasteiger partial charge in [-0.1, -0.05) is 0 Å². The summed E-state index contributed by atoms with van der Waals surface area (Å²) in [5, 5.41) is 9.55. The fraction of sp³-hybridized carbons (Fsp3) is 0.889. The molecule has 0 aromatic carbocycles. The molecule has 1 heterocycles. The summed E-state index contributed by atoms with van der Waals surface area (Å²) in [4.78, 5) is 19.0. The van der Waals surface area contributed by atoms with Crippen LogP contribution in [0.2, 0.25) is 0 Å². The van der Waals surface area contributed by atoms with Crippen LogP contribution in [0.1, 0.15) is 54.4 Å². The van der Waals surface area contributed by atoms with Gasteiger partial charge in [0.15, 0.2) is 5.96 Å². The predicted molar refractivity (Wildman–Crippen MR) is 118 cm³/mol. The number of alkyl carbamates (subject to hydrolysis) is 1. The summed E-state index contributed by atoms with van der Waals surface area (Å²) in [5.41, 5.74) is -0.998. The second-order valence-electron chi connectivity index (χ2n) is 8.36. The van der Waals surface area contributed by atoms with E-state index in [9.17, 15) is 4.79 Å². The van der Waals surface area contributed by atoms with Gasteiger partial charge in [-0.2, -0.15) is 0 Å². The summed E-state index contributed by atoms with van der Waals surface area (Å²) in [5.74, 6) is 0.780. The first kappa shape index (κ1) is 25.2. The Morgan fingerprint density at radius 3 is 2.38 bits per heavy atom. The van der Waals surface area contributed by atoms with Crippen molar-refractivity contribution in [3.63, 3.8) is 0 Å². The molecule has 1 amide bonds. The van der Waals surface area contributed by atoms with Crippen molar-refractivity contribution in [2.45, 2.75) is 71.6 Å². The highest BCUT2D eigenvalue weighted by atomic mass is 127. The molecule has 1 saturated heterocycles. The van der Waals surface area contributed by atoms with Gasteiger partial charge in [-0.15, -0.1) is 24.0 Å². The number of hydrogen-bond acceptors (Lipinski definition) is 4. The number of nitrogens with zero attached hydrogens (tertiary/aromatic N) is 2. The van der Waals surface area contributed by atoms with Crippen LogP contribution < -0.4 is 16.0 Å². The van der Waals surface area contributed by atoms with Gasteiger partial charge in [-0.05, 0) is 68.0 Å². The number of halogens is 1. The van der Waals surface area contributed by atoms with Gasteiger partial charge in [0.25, 0.3) is 0 Å². The van der Waals surface area contributed by atoms with Crippen LogP contribution in [0.4, 0.5) is 4.79 Å². The van der Waals surface area contributed by atoms with Crippen molar-refractivity contribution in [1.82, 2.24) is 20.9 Å². The fourth-order valence-electron chi connectivity index (χ4n) is 2.69. The molecule has 1 rings (SSSR count). The summed E-state index contributed by atoms with van der Waals surface area (Å²) >= 11 is 0. The molecule has 0 saturated carbocycles. The molecule has 3 N–H and O–H groups in total. The Morgan fingerprint density at radius 2 is 1.88 bits per heavy atom. The lowest BCUT2D eigenvalue weighted by atomic mass is 10.1. The highest BCUT2D eigenvalue weighted by molar-refractivity contribution is 14.0. The number of aliphatic imine (C=N–C) groups is 1. The summed E-state index contributed by atoms with van der Waals surface area (Å²) in [7, 11) is 2.16. The second-order valence-corrected chi connectivity index (χ2v) is 8.36. The third kappa shape index (κ3) is 10.4. The van der Waals surface area contributed by atoms with E-state index < -0.39 is 17.2 Å². The van der Waals surface area contributed by atoms with E-state index in [1.165, 1.54) is 12.8 Å². The molecule has 1 fully saturated rings. The molecule has 26 heavy (non-hydrogen) atoms. The van der Waals surface area contributed by atoms with Crippen LogP contribution in [0.25, 0.3) is 0 Å². The van der Waals surface area contributed by atoms with Crippen LogP contribution in [-0.2, 0) is 4.74 Å². The summed E-state index contributed by atoms with van der Waals surface area (Å²) in [6.07, 6.45) is 2.05. The summed E-state index contributed by atoms with van der Waals surface area (Å²) in [6, 6.07) is 0.553. The Hall–Kier alpha value is -0.770. The topological polar surface area (TPSA) is 78.0 Å². The van der Waals surface area contributed by atoms with Crippen LogP contribution in [0.15, 0.2) is 4.99 Å². The molecule has 1 aliphatic heterocycles. The molecule has 0 aliphatic carbocycles. The van der Waals surface area contributed by atoms with Gasteiger partial charge in [0.2, 0.25) is 0 Å². The van der Waals surface area contributed by atoms with Crippen LogP contribution in [0, 0.1) is 0 Å². The van der Waals surface area contributed by atoms with Crippen LogP contribution in [0.3, 0.4) is 0 Å². The minimum atomic E-state index is -0.507. The summed E-state index contributed by atoms with van der Waals surface area (Å²) < 4.78 is 5.32. The molecular formula is C18H38IN5O2. The molecule has 0 aromatic rings. The Bertz CT molecular complexity index is 463. The molecule has 8 heteroatoms. The number of likely N-dealkylation sites (N-methyl/N-ethyl adjacent to an activating group) is 1. The van der Waals surface area contributed by atoms with Gasteiger partial charge in [-0.3, -0.25) is 4.99 Å². The summed E-state index contributed by atoms with van der Waals surface area (Å²) in [6.45, 7) is 14.8. The largest absolute Gasteiger partial charge is 0.444 e. The molecule has 0 spiro atoms. The maximum absolute atomic E-state index is 12.0. The van der Waals surface area contributed by atoms with Crippen LogP contribution in [0.5, 0.6) is 0 Å². The highest BCUT2D eigenvalue weighted by Crippen LogP contribution is 2.13. The maximum atomic E-state index is 12.0. The molecule has 1 unspecified atom stereocenters. The Kier molecular flexibility index (Phi) is 10.8. The molecule has 0 bridgehead atoms. The van der Waals surface area contributed by atoms with Crippen molar-refractivity contribution in [3.8, 4) is 0 Å². The smallest absolute Gasteiger partial charge is 0.408 e.